The van der Waals surface area contributed by atoms with Gasteiger partial charge in [0, 0.05) is 25.4 Å². The Morgan fingerprint density at radius 2 is 2.09 bits per heavy atom. The number of nitrogens with zero attached hydrogens (tertiary/aromatic N) is 2. The Bertz CT molecular complexity index is 679. The van der Waals surface area contributed by atoms with Gasteiger partial charge in [-0.2, -0.15) is 4.39 Å². The van der Waals surface area contributed by atoms with Gasteiger partial charge in [0.05, 0.1) is 4.90 Å². The first-order chi connectivity index (χ1) is 10.7. The van der Waals surface area contributed by atoms with Crippen molar-refractivity contribution in [3.05, 3.63) is 42.5 Å². The minimum atomic E-state index is -1.30. The molecule has 0 bridgehead atoms. The number of ether oxygens (including phenoxy) is 1. The summed E-state index contributed by atoms with van der Waals surface area (Å²) in [5.41, 5.74) is 1.03. The zero-order valence-electron chi connectivity index (χ0n) is 12.9. The number of benzene rings is 1. The Hall–Kier alpha value is -1.79. The van der Waals surface area contributed by atoms with Crippen molar-refractivity contribution >= 4 is 11.0 Å². The van der Waals surface area contributed by atoms with Crippen molar-refractivity contribution in [1.29, 1.82) is 0 Å². The highest BCUT2D eigenvalue weighted by Crippen LogP contribution is 2.31. The van der Waals surface area contributed by atoms with Crippen LogP contribution >= 0.6 is 0 Å². The van der Waals surface area contributed by atoms with Crippen molar-refractivity contribution < 1.29 is 13.3 Å². The van der Waals surface area contributed by atoms with Gasteiger partial charge < -0.3 is 4.74 Å². The molecule has 1 aliphatic rings. The lowest BCUT2D eigenvalue weighted by Crippen LogP contribution is -2.23. The summed E-state index contributed by atoms with van der Waals surface area (Å²) in [5.74, 6) is 0.0434. The average molecular weight is 322 g/mol. The molecule has 0 amide bonds. The molecule has 2 aromatic rings. The van der Waals surface area contributed by atoms with Crippen LogP contribution in [-0.2, 0) is 11.0 Å². The highest BCUT2D eigenvalue weighted by molar-refractivity contribution is 7.82. The van der Waals surface area contributed by atoms with Crippen LogP contribution in [0, 0.1) is 5.95 Å². The molecular formula is C16H19FN2O2S. The third-order valence-corrected chi connectivity index (χ3v) is 4.59. The minimum absolute atomic E-state index is 0.388. The van der Waals surface area contributed by atoms with Gasteiger partial charge in [-0.25, -0.2) is 13.5 Å². The molecule has 4 nitrogen and oxygen atoms in total. The van der Waals surface area contributed by atoms with Gasteiger partial charge in [0.1, 0.15) is 23.3 Å². The SMILES string of the molecule is CC.CN1CCOc2ccc(-c3cccnc3F)cc2S1=O. The molecular weight excluding hydrogens is 303 g/mol. The van der Waals surface area contributed by atoms with E-state index in [9.17, 15) is 8.60 Å². The highest BCUT2D eigenvalue weighted by Gasteiger charge is 2.21. The van der Waals surface area contributed by atoms with Crippen molar-refractivity contribution in [2.75, 3.05) is 20.2 Å². The maximum atomic E-state index is 13.7. The first kappa shape index (κ1) is 16.6. The number of hydrogen-bond acceptors (Lipinski definition) is 3. The molecule has 0 N–H and O–H groups in total. The van der Waals surface area contributed by atoms with Crippen LogP contribution in [0.1, 0.15) is 13.8 Å². The lowest BCUT2D eigenvalue weighted by Gasteiger charge is -2.12. The molecule has 1 aromatic heterocycles. The monoisotopic (exact) mass is 322 g/mol. The highest BCUT2D eigenvalue weighted by atomic mass is 32.2. The Morgan fingerprint density at radius 3 is 2.82 bits per heavy atom. The molecule has 0 saturated heterocycles. The lowest BCUT2D eigenvalue weighted by atomic mass is 10.1. The summed E-state index contributed by atoms with van der Waals surface area (Å²) in [6.45, 7) is 5.06. The van der Waals surface area contributed by atoms with Crippen molar-refractivity contribution in [1.82, 2.24) is 9.29 Å². The van der Waals surface area contributed by atoms with Crippen LogP contribution in [0.25, 0.3) is 11.1 Å². The van der Waals surface area contributed by atoms with E-state index in [0.29, 0.717) is 34.9 Å². The molecule has 6 heteroatoms. The molecule has 0 radical (unpaired) electrons. The lowest BCUT2D eigenvalue weighted by molar-refractivity contribution is 0.295. The number of rotatable bonds is 1. The van der Waals surface area contributed by atoms with E-state index in [1.807, 2.05) is 13.8 Å². The summed E-state index contributed by atoms with van der Waals surface area (Å²) in [6, 6.07) is 8.50. The number of halogens is 1. The fourth-order valence-electron chi connectivity index (χ4n) is 2.07. The number of fused-ring (bicyclic) bond motifs is 1. The number of hydrogen-bond donors (Lipinski definition) is 0. The molecule has 0 fully saturated rings. The van der Waals surface area contributed by atoms with Crippen molar-refractivity contribution in [2.24, 2.45) is 0 Å². The second-order valence-electron chi connectivity index (χ2n) is 4.45. The molecule has 22 heavy (non-hydrogen) atoms. The van der Waals surface area contributed by atoms with Crippen molar-refractivity contribution in [3.63, 3.8) is 0 Å². The molecule has 1 atom stereocenters. The van der Waals surface area contributed by atoms with Gasteiger partial charge >= 0.3 is 0 Å². The molecule has 0 aliphatic carbocycles. The van der Waals surface area contributed by atoms with Crippen LogP contribution in [0.15, 0.2) is 41.4 Å². The second kappa shape index (κ2) is 7.47. The number of likely N-dealkylation sites (N-methyl/N-ethyl adjacent to an activating group) is 1. The van der Waals surface area contributed by atoms with E-state index in [0.717, 1.165) is 0 Å². The molecule has 0 saturated carbocycles. The van der Waals surface area contributed by atoms with E-state index in [2.05, 4.69) is 4.98 Å². The zero-order chi connectivity index (χ0) is 16.1. The van der Waals surface area contributed by atoms with E-state index >= 15 is 0 Å². The van der Waals surface area contributed by atoms with E-state index in [4.69, 9.17) is 4.74 Å². The zero-order valence-corrected chi connectivity index (χ0v) is 13.7. The summed E-state index contributed by atoms with van der Waals surface area (Å²) in [5, 5.41) is 0. The summed E-state index contributed by atoms with van der Waals surface area (Å²) in [4.78, 5) is 4.20. The van der Waals surface area contributed by atoms with E-state index in [1.165, 1.54) is 6.20 Å². The molecule has 3 rings (SSSR count). The standard InChI is InChI=1S/C14H13FN2O2S.C2H6/c1-17-7-8-19-12-5-4-10(9-13(12)20(17)18)11-3-2-6-16-14(11)15;1-2/h2-6,9H,7-8H2,1H3;1-2H3. The largest absolute Gasteiger partial charge is 0.491 e. The molecule has 1 aliphatic heterocycles. The summed E-state index contributed by atoms with van der Waals surface area (Å²) >= 11 is 0. The van der Waals surface area contributed by atoms with Crippen LogP contribution in [0.2, 0.25) is 0 Å². The Labute approximate surface area is 132 Å². The van der Waals surface area contributed by atoms with Gasteiger partial charge in [-0.1, -0.05) is 19.9 Å². The molecule has 1 unspecified atom stereocenters. The van der Waals surface area contributed by atoms with Gasteiger partial charge in [0.25, 0.3) is 0 Å². The van der Waals surface area contributed by atoms with Gasteiger partial charge in [0.15, 0.2) is 0 Å². The molecule has 0 spiro atoms. The van der Waals surface area contributed by atoms with Crippen molar-refractivity contribution in [3.8, 4) is 16.9 Å². The fraction of sp³-hybridized carbons (Fsp3) is 0.312. The Kier molecular flexibility index (Phi) is 5.63. The first-order valence-corrected chi connectivity index (χ1v) is 8.28. The van der Waals surface area contributed by atoms with Gasteiger partial charge in [-0.05, 0) is 29.8 Å². The topological polar surface area (TPSA) is 42.4 Å². The third kappa shape index (κ3) is 3.34. The van der Waals surface area contributed by atoms with Crippen LogP contribution in [0.4, 0.5) is 4.39 Å². The van der Waals surface area contributed by atoms with Crippen LogP contribution in [-0.4, -0.2) is 33.7 Å². The van der Waals surface area contributed by atoms with Crippen molar-refractivity contribution in [2.45, 2.75) is 18.7 Å². The maximum absolute atomic E-state index is 13.7. The van der Waals surface area contributed by atoms with E-state index < -0.39 is 16.9 Å². The minimum Gasteiger partial charge on any atom is -0.491 e. The predicted octanol–water partition coefficient (Wildman–Crippen LogP) is 3.26. The van der Waals surface area contributed by atoms with Gasteiger partial charge in [-0.3, -0.25) is 0 Å². The first-order valence-electron chi connectivity index (χ1n) is 7.17. The molecule has 2 heterocycles. The van der Waals surface area contributed by atoms with E-state index in [-0.39, 0.29) is 0 Å². The van der Waals surface area contributed by atoms with Crippen LogP contribution in [0.3, 0.4) is 0 Å². The van der Waals surface area contributed by atoms with Gasteiger partial charge in [0.2, 0.25) is 5.95 Å². The van der Waals surface area contributed by atoms with Gasteiger partial charge in [-0.15, -0.1) is 0 Å². The molecule has 1 aromatic carbocycles. The fourth-order valence-corrected chi connectivity index (χ4v) is 3.17. The number of pyridine rings is 1. The predicted molar refractivity (Wildman–Crippen MR) is 85.5 cm³/mol. The summed E-state index contributed by atoms with van der Waals surface area (Å²) < 4.78 is 33.4. The second-order valence-corrected chi connectivity index (χ2v) is 6.01. The number of aromatic nitrogens is 1. The molecule has 118 valence electrons. The normalized spacial score (nSPS) is 17.5. The Morgan fingerprint density at radius 1 is 1.32 bits per heavy atom. The van der Waals surface area contributed by atoms with Crippen LogP contribution < -0.4 is 4.74 Å². The smallest absolute Gasteiger partial charge is 0.220 e. The maximum Gasteiger partial charge on any atom is 0.220 e. The summed E-state index contributed by atoms with van der Waals surface area (Å²) in [7, 11) is 0.467. The van der Waals surface area contributed by atoms with E-state index in [1.54, 1.807) is 41.7 Å². The summed E-state index contributed by atoms with van der Waals surface area (Å²) in [6.07, 6.45) is 1.40. The quantitative estimate of drug-likeness (QED) is 0.757. The average Bonchev–Trinajstić information content (AvgIpc) is 2.69. The van der Waals surface area contributed by atoms with Crippen LogP contribution in [0.5, 0.6) is 5.75 Å². The third-order valence-electron chi connectivity index (χ3n) is 3.15. The Balaban J connectivity index is 0.000000847.